The number of allylic oxidation sites excluding steroid dienone is 4. The number of benzene rings is 2. The summed E-state index contributed by atoms with van der Waals surface area (Å²) in [6, 6.07) is 9.64. The molecule has 0 bridgehead atoms. The van der Waals surface area contributed by atoms with E-state index >= 15 is 0 Å². The van der Waals surface area contributed by atoms with Gasteiger partial charge in [0.2, 0.25) is 0 Å². The molecule has 0 radical (unpaired) electrons. The predicted molar refractivity (Wildman–Crippen MR) is 131 cm³/mol. The second-order valence-electron chi connectivity index (χ2n) is 9.22. The molecule has 0 saturated carbocycles. The van der Waals surface area contributed by atoms with Crippen molar-refractivity contribution in [2.75, 3.05) is 14.2 Å². The van der Waals surface area contributed by atoms with Gasteiger partial charge in [-0.1, -0.05) is 23.7 Å². The summed E-state index contributed by atoms with van der Waals surface area (Å²) >= 11 is 6.70. The Labute approximate surface area is 209 Å². The molecule has 0 spiro atoms. The van der Waals surface area contributed by atoms with Crippen molar-refractivity contribution in [1.82, 2.24) is 4.90 Å². The second kappa shape index (κ2) is 9.50. The summed E-state index contributed by atoms with van der Waals surface area (Å²) in [5.74, 6) is 0.172. The van der Waals surface area contributed by atoms with Gasteiger partial charge in [0.15, 0.2) is 23.1 Å². The standard InChI is InChI=1S/C28H27ClFNO4/c1-31-20-5-3-7-22(32)26(20)25(27-21(31)6-4-8-23(27)33)17-13-19(29)28(24(14-17)34-2)35-15-16-9-11-18(30)12-10-16/h9-14,25H,3-8,15H2,1-2H3. The fourth-order valence-corrected chi connectivity index (χ4v) is 5.74. The van der Waals surface area contributed by atoms with Crippen molar-refractivity contribution in [3.05, 3.63) is 80.9 Å². The molecule has 5 nitrogen and oxygen atoms in total. The maximum atomic E-state index is 13.2. The number of halogens is 2. The molecule has 2 aromatic carbocycles. The van der Waals surface area contributed by atoms with Gasteiger partial charge in [0.25, 0.3) is 0 Å². The molecule has 0 N–H and O–H groups in total. The SMILES string of the molecule is COc1cc(C2C3=C(CCCC3=O)N(C)C3=C2C(=O)CCC3)cc(Cl)c1OCc1ccc(F)cc1. The molecule has 7 heteroatoms. The van der Waals surface area contributed by atoms with E-state index in [0.29, 0.717) is 40.5 Å². The first-order valence-corrected chi connectivity index (χ1v) is 12.3. The number of hydrogen-bond acceptors (Lipinski definition) is 5. The molecule has 3 aliphatic rings. The van der Waals surface area contributed by atoms with Gasteiger partial charge >= 0.3 is 0 Å². The van der Waals surface area contributed by atoms with Crippen LogP contribution in [0.3, 0.4) is 0 Å². The van der Waals surface area contributed by atoms with Crippen molar-refractivity contribution in [2.24, 2.45) is 0 Å². The quantitative estimate of drug-likeness (QED) is 0.501. The fourth-order valence-electron chi connectivity index (χ4n) is 5.47. The molecule has 0 atom stereocenters. The van der Waals surface area contributed by atoms with Crippen LogP contribution >= 0.6 is 11.6 Å². The molecule has 1 aliphatic heterocycles. The summed E-state index contributed by atoms with van der Waals surface area (Å²) in [6.45, 7) is 0.186. The van der Waals surface area contributed by atoms with Crippen LogP contribution in [0.25, 0.3) is 0 Å². The molecular formula is C28H27ClFNO4. The normalized spacial score (nSPS) is 18.6. The van der Waals surface area contributed by atoms with E-state index in [0.717, 1.165) is 48.2 Å². The number of methoxy groups -OCH3 is 1. The van der Waals surface area contributed by atoms with E-state index in [1.807, 2.05) is 13.1 Å². The van der Waals surface area contributed by atoms with Crippen LogP contribution in [-0.2, 0) is 16.2 Å². The lowest BCUT2D eigenvalue weighted by atomic mass is 9.71. The smallest absolute Gasteiger partial charge is 0.180 e. The lowest BCUT2D eigenvalue weighted by Gasteiger charge is -2.42. The van der Waals surface area contributed by atoms with Crippen molar-refractivity contribution in [3.8, 4) is 11.5 Å². The zero-order chi connectivity index (χ0) is 24.7. The molecule has 2 aromatic rings. The minimum atomic E-state index is -0.464. The molecule has 2 aliphatic carbocycles. The predicted octanol–water partition coefficient (Wildman–Crippen LogP) is 6.11. The van der Waals surface area contributed by atoms with Crippen LogP contribution in [0, 0.1) is 5.82 Å². The molecule has 0 aromatic heterocycles. The highest BCUT2D eigenvalue weighted by molar-refractivity contribution is 6.32. The van der Waals surface area contributed by atoms with Crippen LogP contribution in [0.15, 0.2) is 58.9 Å². The van der Waals surface area contributed by atoms with Crippen LogP contribution in [0.1, 0.15) is 55.6 Å². The van der Waals surface area contributed by atoms with E-state index in [1.165, 1.54) is 19.2 Å². The van der Waals surface area contributed by atoms with Gasteiger partial charge in [-0.3, -0.25) is 9.59 Å². The largest absolute Gasteiger partial charge is 0.493 e. The van der Waals surface area contributed by atoms with E-state index in [2.05, 4.69) is 4.90 Å². The Hall–Kier alpha value is -3.12. The minimum Gasteiger partial charge on any atom is -0.493 e. The number of carbonyl (C=O) groups excluding carboxylic acids is 2. The van der Waals surface area contributed by atoms with Gasteiger partial charge in [-0.2, -0.15) is 0 Å². The molecule has 0 unspecified atom stereocenters. The molecule has 0 amide bonds. The summed E-state index contributed by atoms with van der Waals surface area (Å²) in [4.78, 5) is 28.5. The summed E-state index contributed by atoms with van der Waals surface area (Å²) in [7, 11) is 3.50. The van der Waals surface area contributed by atoms with Crippen LogP contribution in [0.2, 0.25) is 5.02 Å². The molecule has 5 rings (SSSR count). The Morgan fingerprint density at radius 2 is 1.57 bits per heavy atom. The molecule has 182 valence electrons. The lowest BCUT2D eigenvalue weighted by molar-refractivity contribution is -0.117. The highest BCUT2D eigenvalue weighted by Crippen LogP contribution is 2.50. The molecule has 0 fully saturated rings. The monoisotopic (exact) mass is 495 g/mol. The number of Topliss-reactive ketones (excluding diaryl/α,β-unsaturated/α-hetero) is 2. The fraction of sp³-hybridized carbons (Fsp3) is 0.357. The molecule has 0 saturated heterocycles. The number of carbonyl (C=O) groups is 2. The van der Waals surface area contributed by atoms with Crippen LogP contribution in [0.5, 0.6) is 11.5 Å². The highest BCUT2D eigenvalue weighted by atomic mass is 35.5. The molecule has 1 heterocycles. The van der Waals surface area contributed by atoms with Gasteiger partial charge in [-0.05, 0) is 61.1 Å². The van der Waals surface area contributed by atoms with Crippen molar-refractivity contribution < 1.29 is 23.5 Å². The highest BCUT2D eigenvalue weighted by Gasteiger charge is 2.42. The van der Waals surface area contributed by atoms with Crippen molar-refractivity contribution in [2.45, 2.75) is 51.0 Å². The number of ketones is 2. The van der Waals surface area contributed by atoms with E-state index in [4.69, 9.17) is 21.1 Å². The Morgan fingerprint density at radius 3 is 2.14 bits per heavy atom. The van der Waals surface area contributed by atoms with Crippen molar-refractivity contribution in [1.29, 1.82) is 0 Å². The van der Waals surface area contributed by atoms with Crippen LogP contribution in [0.4, 0.5) is 4.39 Å². The summed E-state index contributed by atoms with van der Waals surface area (Å²) < 4.78 is 24.8. The Bertz CT molecular complexity index is 1220. The van der Waals surface area contributed by atoms with E-state index < -0.39 is 5.92 Å². The van der Waals surface area contributed by atoms with Gasteiger partial charge in [-0.25, -0.2) is 4.39 Å². The van der Waals surface area contributed by atoms with E-state index in [9.17, 15) is 14.0 Å². The number of hydrogen-bond donors (Lipinski definition) is 0. The Balaban J connectivity index is 1.57. The lowest BCUT2D eigenvalue weighted by Crippen LogP contribution is -2.37. The number of rotatable bonds is 5. The van der Waals surface area contributed by atoms with Crippen molar-refractivity contribution in [3.63, 3.8) is 0 Å². The maximum absolute atomic E-state index is 13.2. The van der Waals surface area contributed by atoms with Gasteiger partial charge in [-0.15, -0.1) is 0 Å². The minimum absolute atomic E-state index is 0.0831. The molecular weight excluding hydrogens is 469 g/mol. The summed E-state index contributed by atoms with van der Waals surface area (Å²) in [6.07, 6.45) is 4.19. The average molecular weight is 496 g/mol. The van der Waals surface area contributed by atoms with Crippen LogP contribution in [-0.4, -0.2) is 30.6 Å². The third-order valence-electron chi connectivity index (χ3n) is 7.13. The Kier molecular flexibility index (Phi) is 6.41. The topological polar surface area (TPSA) is 55.8 Å². The van der Waals surface area contributed by atoms with Gasteiger partial charge in [0.05, 0.1) is 12.1 Å². The summed E-state index contributed by atoms with van der Waals surface area (Å²) in [5, 5.41) is 0.330. The first-order chi connectivity index (χ1) is 16.9. The zero-order valence-electron chi connectivity index (χ0n) is 19.8. The third kappa shape index (κ3) is 4.25. The zero-order valence-corrected chi connectivity index (χ0v) is 20.6. The van der Waals surface area contributed by atoms with E-state index in [-0.39, 0.29) is 24.0 Å². The van der Waals surface area contributed by atoms with E-state index in [1.54, 1.807) is 18.2 Å². The van der Waals surface area contributed by atoms with Gasteiger partial charge in [0.1, 0.15) is 12.4 Å². The maximum Gasteiger partial charge on any atom is 0.180 e. The molecule has 35 heavy (non-hydrogen) atoms. The van der Waals surface area contributed by atoms with Crippen molar-refractivity contribution >= 4 is 23.2 Å². The average Bonchev–Trinajstić information content (AvgIpc) is 2.85. The Morgan fingerprint density at radius 1 is 0.971 bits per heavy atom. The first kappa shape index (κ1) is 23.6. The third-order valence-corrected chi connectivity index (χ3v) is 7.41. The first-order valence-electron chi connectivity index (χ1n) is 11.9. The van der Waals surface area contributed by atoms with Crippen LogP contribution < -0.4 is 9.47 Å². The van der Waals surface area contributed by atoms with Gasteiger partial charge < -0.3 is 14.4 Å². The summed E-state index contributed by atoms with van der Waals surface area (Å²) in [5.41, 5.74) is 4.95. The number of ether oxygens (including phenoxy) is 2. The van der Waals surface area contributed by atoms with Gasteiger partial charge in [0, 0.05) is 48.3 Å². The second-order valence-corrected chi connectivity index (χ2v) is 9.62. The number of nitrogens with zero attached hydrogens (tertiary/aromatic N) is 1.